The topological polar surface area (TPSA) is 58.5 Å². The monoisotopic (exact) mass is 276 g/mol. The van der Waals surface area contributed by atoms with Crippen LogP contribution in [-0.4, -0.2) is 114 Å². The van der Waals surface area contributed by atoms with E-state index in [-0.39, 0.29) is 103 Å². The summed E-state index contributed by atoms with van der Waals surface area (Å²) in [6, 6.07) is 3.61. The smallest absolute Gasteiger partial charge is 0.296 e. The fourth-order valence-corrected chi connectivity index (χ4v) is 1.74. The van der Waals surface area contributed by atoms with E-state index in [1.165, 1.54) is 6.08 Å². The van der Waals surface area contributed by atoms with Gasteiger partial charge in [-0.25, -0.2) is 0 Å². The second-order valence-corrected chi connectivity index (χ2v) is 3.37. The maximum atomic E-state index is 11.2. The molecule has 74 valence electrons. The molecule has 4 nitrogen and oxygen atoms in total. The summed E-state index contributed by atoms with van der Waals surface area (Å²) >= 11 is 0. The summed E-state index contributed by atoms with van der Waals surface area (Å²) in [5.41, 5.74) is 1.54. The summed E-state index contributed by atoms with van der Waals surface area (Å²) in [7, 11) is 0. The molecule has 17 heavy (non-hydrogen) atoms. The number of anilines is 1. The summed E-state index contributed by atoms with van der Waals surface area (Å²) in [5.74, 6) is -1.10. The molecule has 0 spiro atoms. The van der Waals surface area contributed by atoms with Gasteiger partial charge in [0.25, 0.3) is 5.91 Å². The molecular weight excluding hydrogens is 270 g/mol. The molecule has 1 aromatic carbocycles. The number of nitrogens with one attached hydrogen (secondary N) is 1. The molecule has 0 saturated carbocycles. The summed E-state index contributed by atoms with van der Waals surface area (Å²) in [6.07, 6.45) is 4.84. The SMILES string of the molecule is O=C1C=c2ccc3c(c2NC1=O)C=CN=3.[K].[K]. The van der Waals surface area contributed by atoms with Gasteiger partial charge in [0.05, 0.1) is 11.0 Å². The number of hydrogen-bond donors (Lipinski definition) is 1. The average molecular weight is 276 g/mol. The van der Waals surface area contributed by atoms with Gasteiger partial charge >= 0.3 is 0 Å². The van der Waals surface area contributed by atoms with Gasteiger partial charge in [0.15, 0.2) is 0 Å². The van der Waals surface area contributed by atoms with E-state index in [2.05, 4.69) is 10.3 Å². The van der Waals surface area contributed by atoms with Gasteiger partial charge in [0.1, 0.15) is 0 Å². The van der Waals surface area contributed by atoms with Crippen molar-refractivity contribution >= 4 is 132 Å². The van der Waals surface area contributed by atoms with E-state index >= 15 is 0 Å². The Labute approximate surface area is 182 Å². The quantitative estimate of drug-likeness (QED) is 0.479. The zero-order valence-electron chi connectivity index (χ0n) is 9.65. The van der Waals surface area contributed by atoms with Crippen molar-refractivity contribution in [3.05, 3.63) is 34.5 Å². The van der Waals surface area contributed by atoms with Crippen LogP contribution in [0.2, 0.25) is 0 Å². The van der Waals surface area contributed by atoms with Crippen LogP contribution in [0.15, 0.2) is 23.3 Å². The van der Waals surface area contributed by atoms with Crippen molar-refractivity contribution in [1.82, 2.24) is 0 Å². The Morgan fingerprint density at radius 1 is 1.12 bits per heavy atom. The summed E-state index contributed by atoms with van der Waals surface area (Å²) in [6.45, 7) is 0. The van der Waals surface area contributed by atoms with Crippen LogP contribution in [0.4, 0.5) is 5.69 Å². The predicted octanol–water partition coefficient (Wildman–Crippen LogP) is -1.17. The Bertz CT molecular complexity index is 650. The average Bonchev–Trinajstić information content (AvgIpc) is 2.68. The Morgan fingerprint density at radius 3 is 2.65 bits per heavy atom. The molecule has 1 amide bonds. The summed E-state index contributed by atoms with van der Waals surface area (Å²) < 4.78 is 0. The third kappa shape index (κ3) is 2.97. The van der Waals surface area contributed by atoms with Gasteiger partial charge in [-0.3, -0.25) is 14.6 Å². The first-order valence-electron chi connectivity index (χ1n) is 4.50. The third-order valence-corrected chi connectivity index (χ3v) is 2.46. The largest absolute Gasteiger partial charge is 0.318 e. The van der Waals surface area contributed by atoms with Gasteiger partial charge in [-0.15, -0.1) is 0 Å². The van der Waals surface area contributed by atoms with E-state index < -0.39 is 11.7 Å². The molecule has 0 unspecified atom stereocenters. The molecule has 2 heterocycles. The van der Waals surface area contributed by atoms with Gasteiger partial charge in [-0.05, 0) is 12.1 Å². The molecule has 0 atom stereocenters. The Kier molecular flexibility index (Phi) is 6.12. The number of benzene rings is 1. The van der Waals surface area contributed by atoms with E-state index in [0.29, 0.717) is 5.69 Å². The van der Waals surface area contributed by atoms with Crippen molar-refractivity contribution in [3.8, 4) is 0 Å². The minimum Gasteiger partial charge on any atom is -0.318 e. The Balaban J connectivity index is 0.000000722. The predicted molar refractivity (Wildman–Crippen MR) is 65.9 cm³/mol. The number of fused-ring (bicyclic) bond motifs is 3. The Morgan fingerprint density at radius 2 is 1.88 bits per heavy atom. The maximum Gasteiger partial charge on any atom is 0.296 e. The maximum absolute atomic E-state index is 11.2. The van der Waals surface area contributed by atoms with E-state index in [0.717, 1.165) is 16.1 Å². The number of Topliss-reactive ketones (excluding diaryl/α,β-unsaturated/α-hetero) is 1. The van der Waals surface area contributed by atoms with E-state index in [1.807, 2.05) is 12.1 Å². The number of hydrogen-bond acceptors (Lipinski definition) is 3. The van der Waals surface area contributed by atoms with E-state index in [9.17, 15) is 9.59 Å². The van der Waals surface area contributed by atoms with Crippen LogP contribution in [0, 0.1) is 0 Å². The van der Waals surface area contributed by atoms with Gasteiger partial charge < -0.3 is 5.32 Å². The van der Waals surface area contributed by atoms with Gasteiger partial charge in [0, 0.05) is 126 Å². The second kappa shape index (κ2) is 6.47. The summed E-state index contributed by atoms with van der Waals surface area (Å²) in [5, 5.41) is 4.13. The fourth-order valence-electron chi connectivity index (χ4n) is 1.74. The zero-order valence-corrected chi connectivity index (χ0v) is 15.9. The number of nitrogens with zero attached hydrogens (tertiary/aromatic N) is 1. The first kappa shape index (κ1) is 16.1. The molecule has 0 aliphatic carbocycles. The third-order valence-electron chi connectivity index (χ3n) is 2.46. The van der Waals surface area contributed by atoms with Crippen LogP contribution < -0.4 is 15.9 Å². The normalized spacial score (nSPS) is 14.4. The molecular formula is C11H6K2N2O2. The van der Waals surface area contributed by atoms with Gasteiger partial charge in [0.2, 0.25) is 5.78 Å². The molecule has 0 saturated heterocycles. The number of carbonyl (C=O) groups excluding carboxylic acids is 2. The Hall–Kier alpha value is 1.04. The molecule has 0 aromatic heterocycles. The molecule has 3 rings (SSSR count). The van der Waals surface area contributed by atoms with Crippen LogP contribution in [0.25, 0.3) is 12.2 Å². The minimum atomic E-state index is -0.587. The standard InChI is InChI=1S/C11H6N2O2.2K/c14-9-5-6-1-2-8-7(3-4-12-8)10(6)13-11(9)15;;/h1-5H,(H,13,15);;. The first-order valence-corrected chi connectivity index (χ1v) is 4.50. The van der Waals surface area contributed by atoms with Crippen LogP contribution in [0.5, 0.6) is 0 Å². The zero-order chi connectivity index (χ0) is 10.4. The fraction of sp³-hybridized carbons (Fsp3) is 0. The molecule has 1 aromatic rings. The van der Waals surface area contributed by atoms with Crippen molar-refractivity contribution in [2.75, 3.05) is 5.32 Å². The van der Waals surface area contributed by atoms with Crippen LogP contribution in [0.3, 0.4) is 0 Å². The summed E-state index contributed by atoms with van der Waals surface area (Å²) in [4.78, 5) is 26.5. The molecule has 0 bridgehead atoms. The number of carbonyl (C=O) groups is 2. The molecule has 2 aliphatic heterocycles. The van der Waals surface area contributed by atoms with Crippen molar-refractivity contribution in [1.29, 1.82) is 0 Å². The minimum absolute atomic E-state index is 0. The van der Waals surface area contributed by atoms with Crippen molar-refractivity contribution in [2.45, 2.75) is 0 Å². The molecule has 0 fully saturated rings. The van der Waals surface area contributed by atoms with Crippen molar-refractivity contribution in [3.63, 3.8) is 0 Å². The first-order chi connectivity index (χ1) is 7.25. The number of ketones is 1. The van der Waals surface area contributed by atoms with Gasteiger partial charge in [-0.1, -0.05) is 6.07 Å². The number of rotatable bonds is 0. The molecule has 2 aliphatic rings. The van der Waals surface area contributed by atoms with Crippen molar-refractivity contribution < 1.29 is 9.59 Å². The van der Waals surface area contributed by atoms with Crippen LogP contribution >= 0.6 is 0 Å². The van der Waals surface area contributed by atoms with E-state index in [4.69, 9.17) is 0 Å². The van der Waals surface area contributed by atoms with Crippen LogP contribution in [-0.2, 0) is 9.59 Å². The van der Waals surface area contributed by atoms with Crippen molar-refractivity contribution in [2.24, 2.45) is 4.99 Å². The molecule has 2 radical (unpaired) electrons. The number of amides is 1. The molecule has 6 heteroatoms. The van der Waals surface area contributed by atoms with Gasteiger partial charge in [-0.2, -0.15) is 0 Å². The molecule has 1 N–H and O–H groups in total. The van der Waals surface area contributed by atoms with Crippen LogP contribution in [0.1, 0.15) is 5.56 Å². The second-order valence-electron chi connectivity index (χ2n) is 3.37. The van der Waals surface area contributed by atoms with E-state index in [1.54, 1.807) is 12.3 Å².